The van der Waals surface area contributed by atoms with Crippen LogP contribution in [0.4, 0.5) is 0 Å². The van der Waals surface area contributed by atoms with Gasteiger partial charge in [0.15, 0.2) is 11.4 Å². The molecule has 24 heavy (non-hydrogen) atoms. The lowest BCUT2D eigenvalue weighted by Gasteiger charge is -2.61. The lowest BCUT2D eigenvalue weighted by Crippen LogP contribution is -2.56. The molecule has 1 aliphatic heterocycles. The van der Waals surface area contributed by atoms with Crippen molar-refractivity contribution in [3.05, 3.63) is 0 Å². The molecule has 4 saturated carbocycles. The molecule has 0 aromatic rings. The smallest absolute Gasteiger partial charge is 0.164 e. The second-order valence-electron chi connectivity index (χ2n) is 10.2. The Balaban J connectivity index is 1.47. The van der Waals surface area contributed by atoms with Gasteiger partial charge in [0.05, 0.1) is 12.2 Å². The number of fused-ring (bicyclic) bond motifs is 7. The molecule has 1 saturated heterocycles. The third-order valence-electron chi connectivity index (χ3n) is 9.59. The molecule has 0 aromatic heterocycles. The highest BCUT2D eigenvalue weighted by Gasteiger charge is 2.79. The standard InChI is InChI=1S/C21H32O3/c1-12(22)21-18(24-21)11-17-15-5-4-13-10-14(23)6-8-19(13,2)16(15)7-9-20(17,21)3/h13-18,23H,4-11H2,1-3H3/t13-,14-,15+,16-,17+,18-,19-,20+,21-/m0/s1. The summed E-state index contributed by atoms with van der Waals surface area (Å²) in [6.45, 7) is 6.64. The van der Waals surface area contributed by atoms with Crippen LogP contribution in [-0.4, -0.2) is 28.7 Å². The number of hydrogen-bond acceptors (Lipinski definition) is 3. The molecule has 5 rings (SSSR count). The molecular weight excluding hydrogens is 300 g/mol. The van der Waals surface area contributed by atoms with Crippen LogP contribution >= 0.6 is 0 Å². The van der Waals surface area contributed by atoms with Gasteiger partial charge in [0, 0.05) is 5.41 Å². The monoisotopic (exact) mass is 332 g/mol. The van der Waals surface area contributed by atoms with Gasteiger partial charge in [-0.25, -0.2) is 0 Å². The van der Waals surface area contributed by atoms with Gasteiger partial charge in [-0.15, -0.1) is 0 Å². The van der Waals surface area contributed by atoms with Gasteiger partial charge in [-0.1, -0.05) is 13.8 Å². The molecular formula is C21H32O3. The number of carbonyl (C=O) groups excluding carboxylic acids is 1. The van der Waals surface area contributed by atoms with Crippen LogP contribution in [0.3, 0.4) is 0 Å². The summed E-state index contributed by atoms with van der Waals surface area (Å²) in [7, 11) is 0. The van der Waals surface area contributed by atoms with Crippen LogP contribution in [0.1, 0.15) is 72.1 Å². The van der Waals surface area contributed by atoms with Crippen molar-refractivity contribution in [3.8, 4) is 0 Å². The Labute approximate surface area is 145 Å². The van der Waals surface area contributed by atoms with Gasteiger partial charge in [0.25, 0.3) is 0 Å². The summed E-state index contributed by atoms with van der Waals surface area (Å²) < 4.78 is 6.02. The maximum absolute atomic E-state index is 12.4. The first kappa shape index (κ1) is 15.8. The summed E-state index contributed by atoms with van der Waals surface area (Å²) in [6, 6.07) is 0. The summed E-state index contributed by atoms with van der Waals surface area (Å²) in [5.41, 5.74) is 0.0612. The van der Waals surface area contributed by atoms with E-state index in [4.69, 9.17) is 4.74 Å². The number of Topliss-reactive ketones (excluding diaryl/α,β-unsaturated/α-hetero) is 1. The predicted octanol–water partition coefficient (Wildman–Crippen LogP) is 3.73. The molecule has 3 heteroatoms. The molecule has 0 amide bonds. The largest absolute Gasteiger partial charge is 0.393 e. The highest BCUT2D eigenvalue weighted by Crippen LogP contribution is 2.73. The van der Waals surface area contributed by atoms with Crippen LogP contribution in [0, 0.1) is 34.5 Å². The van der Waals surface area contributed by atoms with Gasteiger partial charge in [0.1, 0.15) is 0 Å². The van der Waals surface area contributed by atoms with Crippen molar-refractivity contribution in [2.45, 2.75) is 89.9 Å². The molecule has 0 spiro atoms. The quantitative estimate of drug-likeness (QED) is 0.745. The van der Waals surface area contributed by atoms with Crippen LogP contribution in [0.15, 0.2) is 0 Å². The van der Waals surface area contributed by atoms with Crippen molar-refractivity contribution in [2.75, 3.05) is 0 Å². The molecule has 0 bridgehead atoms. The number of epoxide rings is 1. The zero-order chi connectivity index (χ0) is 16.9. The van der Waals surface area contributed by atoms with E-state index in [0.29, 0.717) is 17.3 Å². The average molecular weight is 332 g/mol. The van der Waals surface area contributed by atoms with E-state index in [-0.39, 0.29) is 23.4 Å². The van der Waals surface area contributed by atoms with E-state index >= 15 is 0 Å². The molecule has 3 nitrogen and oxygen atoms in total. The highest BCUT2D eigenvalue weighted by atomic mass is 16.6. The zero-order valence-corrected chi connectivity index (χ0v) is 15.4. The van der Waals surface area contributed by atoms with Gasteiger partial charge in [-0.3, -0.25) is 4.79 Å². The van der Waals surface area contributed by atoms with E-state index in [0.717, 1.165) is 37.5 Å². The normalized spacial score (nSPS) is 61.3. The molecule has 5 aliphatic rings. The highest BCUT2D eigenvalue weighted by molar-refractivity contribution is 5.90. The summed E-state index contributed by atoms with van der Waals surface area (Å²) in [4.78, 5) is 12.4. The van der Waals surface area contributed by atoms with Gasteiger partial charge in [-0.2, -0.15) is 0 Å². The van der Waals surface area contributed by atoms with Crippen LogP contribution in [-0.2, 0) is 9.53 Å². The molecule has 134 valence electrons. The summed E-state index contributed by atoms with van der Waals surface area (Å²) in [5.74, 6) is 3.22. The minimum Gasteiger partial charge on any atom is -0.393 e. The average Bonchev–Trinajstić information content (AvgIpc) is 3.21. The lowest BCUT2D eigenvalue weighted by atomic mass is 9.44. The third kappa shape index (κ3) is 1.65. The predicted molar refractivity (Wildman–Crippen MR) is 91.4 cm³/mol. The number of ketones is 1. The minimum atomic E-state index is -0.427. The Kier molecular flexibility index (Phi) is 3.06. The maximum atomic E-state index is 12.4. The fourth-order valence-electron chi connectivity index (χ4n) is 8.30. The van der Waals surface area contributed by atoms with Crippen molar-refractivity contribution >= 4 is 5.78 Å². The van der Waals surface area contributed by atoms with Crippen molar-refractivity contribution in [1.82, 2.24) is 0 Å². The molecule has 9 atom stereocenters. The van der Waals surface area contributed by atoms with Crippen molar-refractivity contribution < 1.29 is 14.6 Å². The summed E-state index contributed by atoms with van der Waals surface area (Å²) in [6.07, 6.45) is 9.45. The van der Waals surface area contributed by atoms with E-state index in [2.05, 4.69) is 13.8 Å². The SMILES string of the molecule is CC(=O)[C@]12O[C@H]1C[C@@H]1[C@@H]3CC[C@H]4C[C@@H](O)CC[C@]4(C)[C@H]3CC[C@]12C. The Morgan fingerprint density at radius 2 is 1.83 bits per heavy atom. The summed E-state index contributed by atoms with van der Waals surface area (Å²) >= 11 is 0. The first-order valence-corrected chi connectivity index (χ1v) is 10.2. The van der Waals surface area contributed by atoms with Gasteiger partial charge in [-0.05, 0) is 87.4 Å². The van der Waals surface area contributed by atoms with Gasteiger partial charge >= 0.3 is 0 Å². The molecule has 5 fully saturated rings. The zero-order valence-electron chi connectivity index (χ0n) is 15.4. The Hall–Kier alpha value is -0.410. The summed E-state index contributed by atoms with van der Waals surface area (Å²) in [5, 5.41) is 10.1. The second kappa shape index (κ2) is 4.65. The number of hydrogen-bond donors (Lipinski definition) is 1. The molecule has 0 unspecified atom stereocenters. The fraction of sp³-hybridized carbons (Fsp3) is 0.952. The number of ether oxygens (including phenoxy) is 1. The van der Waals surface area contributed by atoms with E-state index in [1.807, 2.05) is 0 Å². The van der Waals surface area contributed by atoms with E-state index in [1.54, 1.807) is 6.92 Å². The number of aliphatic hydroxyl groups excluding tert-OH is 1. The van der Waals surface area contributed by atoms with Crippen LogP contribution in [0.2, 0.25) is 0 Å². The fourth-order valence-corrected chi connectivity index (χ4v) is 8.30. The van der Waals surface area contributed by atoms with Crippen molar-refractivity contribution in [1.29, 1.82) is 0 Å². The van der Waals surface area contributed by atoms with E-state index in [1.165, 1.54) is 25.7 Å². The number of rotatable bonds is 1. The first-order chi connectivity index (χ1) is 11.3. The Morgan fingerprint density at radius 1 is 1.04 bits per heavy atom. The molecule has 1 heterocycles. The first-order valence-electron chi connectivity index (χ1n) is 10.2. The number of aliphatic hydroxyl groups is 1. The maximum Gasteiger partial charge on any atom is 0.164 e. The van der Waals surface area contributed by atoms with Crippen LogP contribution in [0.25, 0.3) is 0 Å². The molecule has 1 N–H and O–H groups in total. The molecule has 0 aromatic carbocycles. The Morgan fingerprint density at radius 3 is 2.58 bits per heavy atom. The van der Waals surface area contributed by atoms with Crippen molar-refractivity contribution in [2.24, 2.45) is 34.5 Å². The lowest BCUT2D eigenvalue weighted by molar-refractivity contribution is -0.151. The molecule has 0 radical (unpaired) electrons. The minimum absolute atomic E-state index is 0.0676. The van der Waals surface area contributed by atoms with Gasteiger partial charge in [0.2, 0.25) is 0 Å². The molecule has 4 aliphatic carbocycles. The van der Waals surface area contributed by atoms with Crippen LogP contribution in [0.5, 0.6) is 0 Å². The Bertz CT molecular complexity index is 588. The van der Waals surface area contributed by atoms with E-state index < -0.39 is 5.60 Å². The van der Waals surface area contributed by atoms with E-state index in [9.17, 15) is 9.90 Å². The third-order valence-corrected chi connectivity index (χ3v) is 9.59. The van der Waals surface area contributed by atoms with Gasteiger partial charge < -0.3 is 9.84 Å². The topological polar surface area (TPSA) is 49.8 Å². The van der Waals surface area contributed by atoms with Crippen LogP contribution < -0.4 is 0 Å². The second-order valence-corrected chi connectivity index (χ2v) is 10.2. The van der Waals surface area contributed by atoms with Crippen molar-refractivity contribution in [3.63, 3.8) is 0 Å². The number of carbonyl (C=O) groups is 1.